The lowest BCUT2D eigenvalue weighted by atomic mass is 9.83. The molecule has 15 nitrogen and oxygen atoms in total. The van der Waals surface area contributed by atoms with E-state index in [1.807, 2.05) is 13.0 Å². The average Bonchev–Trinajstić information content (AvgIpc) is 3.77. The minimum Gasteiger partial charge on any atom is -0.495 e. The predicted molar refractivity (Wildman–Crippen MR) is 191 cm³/mol. The molecule has 0 saturated carbocycles. The molecular weight excluding hydrogens is 700 g/mol. The van der Waals surface area contributed by atoms with Gasteiger partial charge in [0.1, 0.15) is 34.7 Å². The van der Waals surface area contributed by atoms with Gasteiger partial charge in [0.25, 0.3) is 5.69 Å². The molecule has 3 N–H and O–H groups in total. The van der Waals surface area contributed by atoms with Crippen molar-refractivity contribution in [1.29, 1.82) is 0 Å². The van der Waals surface area contributed by atoms with Gasteiger partial charge < -0.3 is 33.7 Å². The average molecular weight is 743 g/mol. The zero-order chi connectivity index (χ0) is 38.1. The van der Waals surface area contributed by atoms with E-state index >= 15 is 0 Å². The van der Waals surface area contributed by atoms with Gasteiger partial charge in [0.2, 0.25) is 5.91 Å². The second-order valence-corrected chi connectivity index (χ2v) is 14.0. The van der Waals surface area contributed by atoms with Crippen molar-refractivity contribution >= 4 is 46.8 Å². The highest BCUT2D eigenvalue weighted by Gasteiger charge is 2.64. The molecule has 2 saturated heterocycles. The van der Waals surface area contributed by atoms with Crippen molar-refractivity contribution in [2.45, 2.75) is 82.7 Å². The maximum Gasteiger partial charge on any atom is 0.412 e. The van der Waals surface area contributed by atoms with E-state index in [1.165, 1.54) is 44.2 Å². The number of rotatable bonds is 5. The fourth-order valence-electron chi connectivity index (χ4n) is 6.82. The van der Waals surface area contributed by atoms with Gasteiger partial charge >= 0.3 is 12.2 Å². The quantitative estimate of drug-likeness (QED) is 0.197. The molecule has 3 heterocycles. The Labute approximate surface area is 306 Å². The topological polar surface area (TPSA) is 191 Å². The number of amides is 3. The molecule has 5 rings (SSSR count). The third kappa shape index (κ3) is 8.02. The van der Waals surface area contributed by atoms with E-state index in [0.717, 1.165) is 11.1 Å². The molecule has 0 radical (unpaired) electrons. The lowest BCUT2D eigenvalue weighted by Gasteiger charge is -2.42. The molecule has 2 aromatic rings. The number of fused-ring (bicyclic) bond motifs is 5. The number of carbonyl (C=O) groups excluding carboxylic acids is 3. The van der Waals surface area contributed by atoms with Gasteiger partial charge in [0, 0.05) is 43.8 Å². The molecule has 2 aromatic carbocycles. The number of epoxide rings is 1. The smallest absolute Gasteiger partial charge is 0.412 e. The first kappa shape index (κ1) is 38.5. The van der Waals surface area contributed by atoms with E-state index in [0.29, 0.717) is 23.4 Å². The van der Waals surface area contributed by atoms with Gasteiger partial charge in [0.15, 0.2) is 5.72 Å². The number of allylic oxidation sites excluding steroid dienone is 3. The molecule has 3 aliphatic heterocycles. The van der Waals surface area contributed by atoms with Gasteiger partial charge in [-0.25, -0.2) is 9.59 Å². The van der Waals surface area contributed by atoms with Gasteiger partial charge in [-0.05, 0) is 57.0 Å². The van der Waals surface area contributed by atoms with Crippen LogP contribution in [0.5, 0.6) is 5.75 Å². The van der Waals surface area contributed by atoms with Crippen LogP contribution < -0.4 is 20.3 Å². The number of carbonyl (C=O) groups is 3. The van der Waals surface area contributed by atoms with Crippen molar-refractivity contribution in [1.82, 2.24) is 5.32 Å². The number of anilines is 2. The molecule has 4 bridgehead atoms. The minimum absolute atomic E-state index is 0.0707. The summed E-state index contributed by atoms with van der Waals surface area (Å²) in [4.78, 5) is 52.3. The zero-order valence-electron chi connectivity index (χ0n) is 29.9. The fraction of sp³-hybridized carbons (Fsp3) is 0.472. The van der Waals surface area contributed by atoms with Crippen LogP contribution in [0.2, 0.25) is 5.02 Å². The fourth-order valence-corrected chi connectivity index (χ4v) is 7.13. The Morgan fingerprint density at radius 2 is 1.94 bits per heavy atom. The van der Waals surface area contributed by atoms with Crippen molar-refractivity contribution in [3.05, 3.63) is 80.4 Å². The summed E-state index contributed by atoms with van der Waals surface area (Å²) in [5.41, 5.74) is -0.584. The number of ether oxygens (including phenoxy) is 5. The molecular formula is C36H43ClN4O11. The minimum atomic E-state index is -1.84. The maximum absolute atomic E-state index is 14.0. The predicted octanol–water partition coefficient (Wildman–Crippen LogP) is 5.59. The lowest BCUT2D eigenvalue weighted by Crippen LogP contribution is -2.63. The number of hydrogen-bond acceptors (Lipinski definition) is 11. The molecule has 16 heteroatoms. The Hall–Kier alpha value is -4.70. The van der Waals surface area contributed by atoms with Crippen molar-refractivity contribution in [3.63, 3.8) is 0 Å². The third-order valence-electron chi connectivity index (χ3n) is 9.84. The number of alkyl carbamates (subject to hydrolysis) is 1. The first-order valence-corrected chi connectivity index (χ1v) is 17.0. The van der Waals surface area contributed by atoms with E-state index in [1.54, 1.807) is 45.2 Å². The summed E-state index contributed by atoms with van der Waals surface area (Å²) in [6.07, 6.45) is -0.250. The van der Waals surface area contributed by atoms with Crippen LogP contribution >= 0.6 is 11.6 Å². The van der Waals surface area contributed by atoms with E-state index in [9.17, 15) is 29.6 Å². The molecule has 0 aromatic heterocycles. The van der Waals surface area contributed by atoms with Crippen molar-refractivity contribution in [3.8, 4) is 5.75 Å². The van der Waals surface area contributed by atoms with Crippen LogP contribution in [-0.4, -0.2) is 85.1 Å². The number of methoxy groups -OCH3 is 2. The van der Waals surface area contributed by atoms with Crippen LogP contribution in [0, 0.1) is 23.0 Å². The van der Waals surface area contributed by atoms with E-state index in [4.69, 9.17) is 35.3 Å². The van der Waals surface area contributed by atoms with Gasteiger partial charge in [-0.2, -0.15) is 0 Å². The molecule has 3 amide bonds. The molecule has 2 fully saturated rings. The summed E-state index contributed by atoms with van der Waals surface area (Å²) in [7, 11) is 4.44. The van der Waals surface area contributed by atoms with Crippen LogP contribution in [0.1, 0.15) is 44.7 Å². The monoisotopic (exact) mass is 742 g/mol. The normalized spacial score (nSPS) is 30.8. The highest BCUT2D eigenvalue weighted by Crippen LogP contribution is 2.49. The van der Waals surface area contributed by atoms with Gasteiger partial charge in [-0.1, -0.05) is 42.3 Å². The molecule has 52 heavy (non-hydrogen) atoms. The SMILES string of the molecule is COc1cc2cc(c1Cl)N(C)C(=O)C[C@H](OC(=O)Nc1ccc([N+](=O)[O-])c(C)c1)[C@]1(C)O[C@H]1[C@H](C)[C@@H]1C[C@@](O)(NC(=O)O1)[C@H](OC)/C=C/C=C(\C)C2. The highest BCUT2D eigenvalue weighted by molar-refractivity contribution is 6.35. The van der Waals surface area contributed by atoms with Crippen LogP contribution in [0.15, 0.2) is 54.1 Å². The summed E-state index contributed by atoms with van der Waals surface area (Å²) < 4.78 is 28.9. The third-order valence-corrected chi connectivity index (χ3v) is 10.2. The van der Waals surface area contributed by atoms with Crippen molar-refractivity contribution < 1.29 is 48.1 Å². The first-order chi connectivity index (χ1) is 24.5. The number of nitro benzene ring substituents is 1. The van der Waals surface area contributed by atoms with Crippen LogP contribution in [0.4, 0.5) is 26.7 Å². The second-order valence-electron chi connectivity index (χ2n) is 13.6. The number of benzene rings is 2. The summed E-state index contributed by atoms with van der Waals surface area (Å²) >= 11 is 6.72. The maximum atomic E-state index is 14.0. The summed E-state index contributed by atoms with van der Waals surface area (Å²) in [6, 6.07) is 7.60. The van der Waals surface area contributed by atoms with Gasteiger partial charge in [-0.3, -0.25) is 25.5 Å². The largest absolute Gasteiger partial charge is 0.495 e. The van der Waals surface area contributed by atoms with Crippen molar-refractivity contribution in [2.24, 2.45) is 5.92 Å². The van der Waals surface area contributed by atoms with Gasteiger partial charge in [-0.15, -0.1) is 0 Å². The molecule has 0 unspecified atom stereocenters. The summed E-state index contributed by atoms with van der Waals surface area (Å²) in [5.74, 6) is -0.667. The Morgan fingerprint density at radius 1 is 1.21 bits per heavy atom. The summed E-state index contributed by atoms with van der Waals surface area (Å²) in [6.45, 7) is 6.89. The highest BCUT2D eigenvalue weighted by atomic mass is 35.5. The first-order valence-electron chi connectivity index (χ1n) is 16.6. The Kier molecular flexibility index (Phi) is 11.2. The van der Waals surface area contributed by atoms with E-state index < -0.39 is 64.7 Å². The molecule has 0 spiro atoms. The Morgan fingerprint density at radius 3 is 2.60 bits per heavy atom. The summed E-state index contributed by atoms with van der Waals surface area (Å²) in [5, 5.41) is 28.3. The number of nitrogens with one attached hydrogen (secondary N) is 2. The molecule has 280 valence electrons. The second kappa shape index (κ2) is 15.1. The number of aryl methyl sites for hydroxylation is 1. The Bertz CT molecular complexity index is 1820. The van der Waals surface area contributed by atoms with Crippen LogP contribution in [-0.2, 0) is 30.2 Å². The number of hydrogen-bond donors (Lipinski definition) is 3. The van der Waals surface area contributed by atoms with Crippen LogP contribution in [0.25, 0.3) is 0 Å². The van der Waals surface area contributed by atoms with Gasteiger partial charge in [0.05, 0.1) is 30.2 Å². The molecule has 0 aliphatic carbocycles. The number of aliphatic hydroxyl groups is 1. The van der Waals surface area contributed by atoms with E-state index in [-0.39, 0.29) is 29.2 Å². The standard InChI is InChI=1S/C36H43ClN4O11/c1-19-9-8-10-28(49-7)36(45)18-27(50-34(44)39-36)21(3)32-35(4,52-32)29(51-33(43)38-23-11-12-24(41(46)47)20(2)14-23)17-30(42)40(5)25-15-22(13-19)16-26(48-6)31(25)37/h8-12,14-16,21,27-29,32,45H,13,17-18H2,1-7H3,(H,38,43)(H,39,44)/b10-8+,19-9+/t21-,27+,28-,29+,32+,35+,36+/m1/s1. The zero-order valence-corrected chi connectivity index (χ0v) is 30.7. The lowest BCUT2D eigenvalue weighted by molar-refractivity contribution is -0.385. The molecule has 3 aliphatic rings. The Balaban J connectivity index is 1.53. The number of nitro groups is 1. The number of nitrogens with zero attached hydrogens (tertiary/aromatic N) is 2. The number of halogens is 1. The molecule has 7 atom stereocenters. The van der Waals surface area contributed by atoms with E-state index in [2.05, 4.69) is 10.6 Å². The van der Waals surface area contributed by atoms with Crippen LogP contribution in [0.3, 0.4) is 0 Å². The van der Waals surface area contributed by atoms with Crippen molar-refractivity contribution in [2.75, 3.05) is 31.5 Å².